The molecule has 51 heavy (non-hydrogen) atoms. The van der Waals surface area contributed by atoms with E-state index in [0.29, 0.717) is 6.42 Å². The quantitative estimate of drug-likeness (QED) is 0.0241. The summed E-state index contributed by atoms with van der Waals surface area (Å²) in [6.07, 6.45) is 34.5. The normalized spacial score (nSPS) is 14.2. The number of hydrogen-bond donors (Lipinski definition) is 3. The second-order valence-corrected chi connectivity index (χ2v) is 15.1. The van der Waals surface area contributed by atoms with Crippen molar-refractivity contribution in [2.45, 2.75) is 193 Å². The molecule has 0 saturated heterocycles. The Bertz CT molecular complexity index is 910. The lowest BCUT2D eigenvalue weighted by Crippen LogP contribution is -2.29. The van der Waals surface area contributed by atoms with Crippen LogP contribution in [0, 0.1) is 0 Å². The van der Waals surface area contributed by atoms with E-state index in [-0.39, 0.29) is 19.4 Å². The summed E-state index contributed by atoms with van der Waals surface area (Å²) in [4.78, 5) is 34.8. The molecule has 11 heteroatoms. The summed E-state index contributed by atoms with van der Waals surface area (Å²) in [7, 11) is -4.62. The van der Waals surface area contributed by atoms with E-state index in [1.165, 1.54) is 96.3 Å². The molecule has 0 aliphatic carbocycles. The van der Waals surface area contributed by atoms with Crippen LogP contribution in [0.4, 0.5) is 0 Å². The summed E-state index contributed by atoms with van der Waals surface area (Å²) in [5, 5.41) is 18.3. The van der Waals surface area contributed by atoms with Gasteiger partial charge in [0.25, 0.3) is 0 Å². The second-order valence-electron chi connectivity index (χ2n) is 13.7. The Kier molecular flexibility index (Phi) is 35.7. The third-order valence-corrected chi connectivity index (χ3v) is 9.56. The van der Waals surface area contributed by atoms with E-state index in [1.54, 1.807) is 6.08 Å². The lowest BCUT2D eigenvalue weighted by atomic mass is 10.1. The maximum atomic E-state index is 12.5. The third kappa shape index (κ3) is 36.6. The van der Waals surface area contributed by atoms with Crippen LogP contribution < -0.4 is 0 Å². The van der Waals surface area contributed by atoms with Crippen LogP contribution in [0.2, 0.25) is 0 Å². The van der Waals surface area contributed by atoms with Crippen molar-refractivity contribution in [3.63, 3.8) is 0 Å². The molecular formula is C40H75O10P. The van der Waals surface area contributed by atoms with E-state index >= 15 is 0 Å². The average molecular weight is 747 g/mol. The minimum Gasteiger partial charge on any atom is -0.462 e. The summed E-state index contributed by atoms with van der Waals surface area (Å²) in [6, 6.07) is 0. The van der Waals surface area contributed by atoms with Crippen molar-refractivity contribution in [1.29, 1.82) is 0 Å². The molecule has 0 heterocycles. The third-order valence-electron chi connectivity index (χ3n) is 8.61. The lowest BCUT2D eigenvalue weighted by molar-refractivity contribution is -0.160. The first kappa shape index (κ1) is 49.5. The molecule has 3 atom stereocenters. The number of aliphatic hydroxyl groups is 2. The molecule has 0 bridgehead atoms. The van der Waals surface area contributed by atoms with Crippen molar-refractivity contribution >= 4 is 19.8 Å². The largest absolute Gasteiger partial charge is 0.472 e. The van der Waals surface area contributed by atoms with Gasteiger partial charge in [-0.2, -0.15) is 0 Å². The molecule has 3 N–H and O–H groups in total. The number of allylic oxidation sites excluding steroid dienone is 3. The Hall–Kier alpha value is -1.55. The Morgan fingerprint density at radius 1 is 0.588 bits per heavy atom. The molecule has 300 valence electrons. The van der Waals surface area contributed by atoms with Gasteiger partial charge in [0.1, 0.15) is 12.7 Å². The van der Waals surface area contributed by atoms with Gasteiger partial charge in [0.15, 0.2) is 6.10 Å². The van der Waals surface area contributed by atoms with Gasteiger partial charge in [-0.25, -0.2) is 4.57 Å². The highest BCUT2D eigenvalue weighted by Gasteiger charge is 2.27. The van der Waals surface area contributed by atoms with E-state index in [0.717, 1.165) is 51.4 Å². The molecule has 0 aromatic heterocycles. The number of rotatable bonds is 38. The number of phosphoric ester groups is 1. The summed E-state index contributed by atoms with van der Waals surface area (Å²) in [6.45, 7) is 2.30. The molecule has 0 saturated carbocycles. The molecule has 10 nitrogen and oxygen atoms in total. The van der Waals surface area contributed by atoms with Crippen LogP contribution in [0.5, 0.6) is 0 Å². The first-order valence-electron chi connectivity index (χ1n) is 20.3. The van der Waals surface area contributed by atoms with E-state index in [2.05, 4.69) is 30.5 Å². The summed E-state index contributed by atoms with van der Waals surface area (Å²) in [5.41, 5.74) is 0. The molecule has 0 spiro atoms. The fourth-order valence-electron chi connectivity index (χ4n) is 5.44. The Balaban J connectivity index is 4.38. The Morgan fingerprint density at radius 2 is 1.02 bits per heavy atom. The summed E-state index contributed by atoms with van der Waals surface area (Å²) in [5.74, 6) is -1.03. The fraction of sp³-hybridized carbons (Fsp3) is 0.850. The zero-order valence-corrected chi connectivity index (χ0v) is 33.2. The van der Waals surface area contributed by atoms with E-state index in [4.69, 9.17) is 19.1 Å². The SMILES string of the molecule is CCCCCCCC/C=C\CCCCCCCC(=O)OC[C@H](COP(=O)(O)OCC(O)CO)OC(=O)C/C=C/CCCCCCCCCCCC. The molecule has 0 radical (unpaired) electrons. The maximum Gasteiger partial charge on any atom is 0.472 e. The molecule has 0 rings (SSSR count). The van der Waals surface area contributed by atoms with Crippen LogP contribution in [0.25, 0.3) is 0 Å². The molecule has 0 aliphatic rings. The van der Waals surface area contributed by atoms with Gasteiger partial charge in [-0.15, -0.1) is 0 Å². The van der Waals surface area contributed by atoms with Crippen molar-refractivity contribution in [2.75, 3.05) is 26.4 Å². The van der Waals surface area contributed by atoms with E-state index in [9.17, 15) is 24.2 Å². The standard InChI is InChI=1S/C40H75O10P/c1-3-5-7-9-11-13-15-17-18-20-21-23-25-27-29-31-39(43)47-35-38(36-49-51(45,46)48-34-37(42)33-41)50-40(44)32-30-28-26-24-22-19-16-14-12-10-8-6-4-2/h17-18,28,30,37-38,41-42H,3-16,19-27,29,31-36H2,1-2H3,(H,45,46)/b18-17-,30-28+/t37?,38-/m1/s1. The number of ether oxygens (including phenoxy) is 2. The lowest BCUT2D eigenvalue weighted by Gasteiger charge is -2.20. The van der Waals surface area contributed by atoms with Gasteiger partial charge in [-0.3, -0.25) is 18.6 Å². The minimum atomic E-state index is -4.62. The van der Waals surface area contributed by atoms with Crippen molar-refractivity contribution in [2.24, 2.45) is 0 Å². The molecule has 2 unspecified atom stereocenters. The first-order valence-corrected chi connectivity index (χ1v) is 21.8. The maximum absolute atomic E-state index is 12.5. The smallest absolute Gasteiger partial charge is 0.462 e. The summed E-state index contributed by atoms with van der Waals surface area (Å²) < 4.78 is 32.5. The number of hydrogen-bond acceptors (Lipinski definition) is 9. The van der Waals surface area contributed by atoms with E-state index < -0.39 is 51.8 Å². The Labute approximate surface area is 310 Å². The van der Waals surface area contributed by atoms with Gasteiger partial charge in [-0.05, 0) is 44.9 Å². The van der Waals surface area contributed by atoms with Crippen molar-refractivity contribution in [3.8, 4) is 0 Å². The van der Waals surface area contributed by atoms with Crippen molar-refractivity contribution in [3.05, 3.63) is 24.3 Å². The van der Waals surface area contributed by atoms with Crippen LogP contribution in [0.1, 0.15) is 181 Å². The van der Waals surface area contributed by atoms with Crippen LogP contribution in [0.3, 0.4) is 0 Å². The molecule has 0 aliphatic heterocycles. The zero-order chi connectivity index (χ0) is 37.7. The predicted molar refractivity (Wildman–Crippen MR) is 205 cm³/mol. The van der Waals surface area contributed by atoms with Crippen LogP contribution >= 0.6 is 7.82 Å². The fourth-order valence-corrected chi connectivity index (χ4v) is 6.23. The van der Waals surface area contributed by atoms with Gasteiger partial charge in [-0.1, -0.05) is 147 Å². The average Bonchev–Trinajstić information content (AvgIpc) is 3.12. The zero-order valence-electron chi connectivity index (χ0n) is 32.3. The minimum absolute atomic E-state index is 0.00704. The van der Waals surface area contributed by atoms with Crippen LogP contribution in [-0.4, -0.2) is 65.7 Å². The molecule has 0 aromatic carbocycles. The number of unbranched alkanes of at least 4 members (excludes halogenated alkanes) is 21. The molecule has 0 amide bonds. The number of carbonyl (C=O) groups is 2. The van der Waals surface area contributed by atoms with Crippen molar-refractivity contribution in [1.82, 2.24) is 0 Å². The van der Waals surface area contributed by atoms with Gasteiger partial charge >= 0.3 is 19.8 Å². The highest BCUT2D eigenvalue weighted by Crippen LogP contribution is 2.43. The van der Waals surface area contributed by atoms with Gasteiger partial charge in [0.2, 0.25) is 0 Å². The first-order chi connectivity index (χ1) is 24.7. The summed E-state index contributed by atoms with van der Waals surface area (Å²) >= 11 is 0. The highest BCUT2D eigenvalue weighted by atomic mass is 31.2. The number of carbonyl (C=O) groups excluding carboxylic acids is 2. The molecule has 0 aromatic rings. The van der Waals surface area contributed by atoms with Crippen LogP contribution in [-0.2, 0) is 32.7 Å². The predicted octanol–water partition coefficient (Wildman–Crippen LogP) is 10.2. The topological polar surface area (TPSA) is 149 Å². The number of esters is 2. The van der Waals surface area contributed by atoms with Gasteiger partial charge < -0.3 is 24.6 Å². The Morgan fingerprint density at radius 3 is 1.51 bits per heavy atom. The molecule has 0 fully saturated rings. The van der Waals surface area contributed by atoms with Crippen molar-refractivity contribution < 1.29 is 47.8 Å². The highest BCUT2D eigenvalue weighted by molar-refractivity contribution is 7.47. The number of phosphoric acid groups is 1. The van der Waals surface area contributed by atoms with E-state index in [1.807, 2.05) is 6.08 Å². The number of aliphatic hydroxyl groups excluding tert-OH is 2. The van der Waals surface area contributed by atoms with Gasteiger partial charge in [0, 0.05) is 6.42 Å². The monoisotopic (exact) mass is 747 g/mol. The van der Waals surface area contributed by atoms with Crippen LogP contribution in [0.15, 0.2) is 24.3 Å². The van der Waals surface area contributed by atoms with Gasteiger partial charge in [0.05, 0.1) is 26.2 Å². The molecular weight excluding hydrogens is 671 g/mol. The second kappa shape index (κ2) is 36.8.